The summed E-state index contributed by atoms with van der Waals surface area (Å²) in [4.78, 5) is 20.3. The second-order valence-corrected chi connectivity index (χ2v) is 3.07. The van der Waals surface area contributed by atoms with E-state index in [0.717, 1.165) is 6.08 Å². The second kappa shape index (κ2) is 5.39. The van der Waals surface area contributed by atoms with Gasteiger partial charge >= 0.3 is 5.97 Å². The summed E-state index contributed by atoms with van der Waals surface area (Å²) in [6, 6.07) is 0. The van der Waals surface area contributed by atoms with Crippen LogP contribution in [0.15, 0.2) is 11.8 Å². The molecule has 0 aliphatic carbocycles. The summed E-state index contributed by atoms with van der Waals surface area (Å²) in [7, 11) is 0. The van der Waals surface area contributed by atoms with Crippen LogP contribution in [0.25, 0.3) is 0 Å². The average Bonchev–Trinajstić information content (AvgIpc) is 1.98. The molecule has 0 unspecified atom stereocenters. The molecule has 0 amide bonds. The van der Waals surface area contributed by atoms with Gasteiger partial charge in [-0.1, -0.05) is 0 Å². The summed E-state index contributed by atoms with van der Waals surface area (Å²) in [5.74, 6) is -1.88. The number of carbonyl (C=O) groups is 2. The van der Waals surface area contributed by atoms with Crippen LogP contribution in [0.4, 0.5) is 0 Å². The summed E-state index contributed by atoms with van der Waals surface area (Å²) in [5, 5.41) is 8.40. The highest BCUT2D eigenvalue weighted by atomic mass is 16.7. The van der Waals surface area contributed by atoms with E-state index in [1.54, 1.807) is 13.8 Å². The Morgan fingerprint density at radius 3 is 2.50 bits per heavy atom. The van der Waals surface area contributed by atoms with Crippen LogP contribution in [-0.2, 0) is 19.1 Å². The van der Waals surface area contributed by atoms with E-state index >= 15 is 0 Å². The number of allylic oxidation sites excluding steroid dienone is 1. The van der Waals surface area contributed by atoms with Gasteiger partial charge in [-0.05, 0) is 6.92 Å². The fourth-order valence-corrected chi connectivity index (χ4v) is 0.855. The minimum absolute atomic E-state index is 0.0899. The first-order valence-electron chi connectivity index (χ1n) is 4.05. The lowest BCUT2D eigenvalue weighted by molar-refractivity contribution is -0.188. The lowest BCUT2D eigenvalue weighted by atomic mass is 10.3. The minimum Gasteiger partial charge on any atom is -0.478 e. The highest BCUT2D eigenvalue weighted by molar-refractivity contribution is 5.80. The van der Waals surface area contributed by atoms with Crippen LogP contribution in [-0.4, -0.2) is 29.8 Å². The Balaban J connectivity index is 4.20. The van der Waals surface area contributed by atoms with E-state index in [1.807, 2.05) is 0 Å². The Morgan fingerprint density at radius 1 is 1.50 bits per heavy atom. The Kier molecular flexibility index (Phi) is 4.86. The third kappa shape index (κ3) is 6.19. The van der Waals surface area contributed by atoms with Gasteiger partial charge in [0.25, 0.3) is 0 Å². The molecule has 80 valence electrons. The van der Waals surface area contributed by atoms with Gasteiger partial charge in [-0.2, -0.15) is 0 Å². The number of carbonyl (C=O) groups excluding carboxylic acids is 1. The molecule has 14 heavy (non-hydrogen) atoms. The number of rotatable bonds is 6. The Morgan fingerprint density at radius 2 is 2.07 bits per heavy atom. The monoisotopic (exact) mass is 202 g/mol. The Bertz CT molecular complexity index is 242. The van der Waals surface area contributed by atoms with Crippen LogP contribution in [0, 0.1) is 0 Å². The molecular formula is C9H14O5. The van der Waals surface area contributed by atoms with E-state index in [1.165, 1.54) is 6.92 Å². The molecule has 0 aromatic rings. The third-order valence-corrected chi connectivity index (χ3v) is 1.23. The summed E-state index contributed by atoms with van der Waals surface area (Å²) < 4.78 is 10.2. The normalized spacial score (nSPS) is 12.4. The molecular weight excluding hydrogens is 188 g/mol. The Labute approximate surface area is 82.3 Å². The van der Waals surface area contributed by atoms with Crippen molar-refractivity contribution < 1.29 is 24.2 Å². The minimum atomic E-state index is -1.09. The van der Waals surface area contributed by atoms with Crippen LogP contribution in [0.2, 0.25) is 0 Å². The molecule has 5 heteroatoms. The van der Waals surface area contributed by atoms with Gasteiger partial charge in [-0.15, -0.1) is 0 Å². The topological polar surface area (TPSA) is 72.8 Å². The van der Waals surface area contributed by atoms with E-state index in [4.69, 9.17) is 14.6 Å². The zero-order valence-electron chi connectivity index (χ0n) is 8.44. The maximum absolute atomic E-state index is 10.3. The van der Waals surface area contributed by atoms with E-state index in [0.29, 0.717) is 6.29 Å². The zero-order chi connectivity index (χ0) is 11.2. The molecule has 0 radical (unpaired) electrons. The van der Waals surface area contributed by atoms with Gasteiger partial charge in [0.15, 0.2) is 0 Å². The van der Waals surface area contributed by atoms with Crippen LogP contribution < -0.4 is 0 Å². The van der Waals surface area contributed by atoms with Gasteiger partial charge in [-0.3, -0.25) is 0 Å². The van der Waals surface area contributed by atoms with Crippen molar-refractivity contribution in [3.63, 3.8) is 0 Å². The Hall–Kier alpha value is -1.36. The molecule has 0 atom stereocenters. The molecule has 0 aromatic heterocycles. The number of carboxylic acids is 1. The SMILES string of the molecule is C/C(=C/C(=O)O)OC(C)(C)OCC=O. The number of hydrogen-bond donors (Lipinski definition) is 1. The summed E-state index contributed by atoms with van der Waals surface area (Å²) >= 11 is 0. The molecule has 0 spiro atoms. The van der Waals surface area contributed by atoms with E-state index in [2.05, 4.69) is 0 Å². The van der Waals surface area contributed by atoms with Crippen molar-refractivity contribution >= 4 is 12.3 Å². The molecule has 0 aliphatic rings. The highest BCUT2D eigenvalue weighted by Gasteiger charge is 2.20. The first-order chi connectivity index (χ1) is 6.37. The van der Waals surface area contributed by atoms with Gasteiger partial charge in [0, 0.05) is 13.8 Å². The first kappa shape index (κ1) is 12.6. The van der Waals surface area contributed by atoms with E-state index in [9.17, 15) is 9.59 Å². The summed E-state index contributed by atoms with van der Waals surface area (Å²) in [6.45, 7) is 4.60. The maximum Gasteiger partial charge on any atom is 0.331 e. The average molecular weight is 202 g/mol. The van der Waals surface area contributed by atoms with Crippen molar-refractivity contribution in [3.8, 4) is 0 Å². The van der Waals surface area contributed by atoms with Gasteiger partial charge in [0.2, 0.25) is 5.79 Å². The van der Waals surface area contributed by atoms with Crippen molar-refractivity contribution in [2.45, 2.75) is 26.6 Å². The van der Waals surface area contributed by atoms with Crippen molar-refractivity contribution in [1.29, 1.82) is 0 Å². The quantitative estimate of drug-likeness (QED) is 0.300. The highest BCUT2D eigenvalue weighted by Crippen LogP contribution is 2.15. The largest absolute Gasteiger partial charge is 0.478 e. The molecule has 0 rings (SSSR count). The molecule has 5 nitrogen and oxygen atoms in total. The van der Waals surface area contributed by atoms with Gasteiger partial charge in [0.1, 0.15) is 18.7 Å². The van der Waals surface area contributed by atoms with Crippen LogP contribution in [0.5, 0.6) is 0 Å². The number of ether oxygens (including phenoxy) is 2. The van der Waals surface area contributed by atoms with Gasteiger partial charge in [-0.25, -0.2) is 4.79 Å². The zero-order valence-corrected chi connectivity index (χ0v) is 8.44. The summed E-state index contributed by atoms with van der Waals surface area (Å²) in [6.07, 6.45) is 1.52. The van der Waals surface area contributed by atoms with Crippen LogP contribution >= 0.6 is 0 Å². The van der Waals surface area contributed by atoms with Gasteiger partial charge < -0.3 is 19.4 Å². The lowest BCUT2D eigenvalue weighted by Gasteiger charge is -2.25. The van der Waals surface area contributed by atoms with E-state index in [-0.39, 0.29) is 12.4 Å². The lowest BCUT2D eigenvalue weighted by Crippen LogP contribution is -2.28. The number of aliphatic carboxylic acids is 1. The fourth-order valence-electron chi connectivity index (χ4n) is 0.855. The van der Waals surface area contributed by atoms with Crippen molar-refractivity contribution in [3.05, 3.63) is 11.8 Å². The predicted molar refractivity (Wildman–Crippen MR) is 48.6 cm³/mol. The van der Waals surface area contributed by atoms with Crippen molar-refractivity contribution in [2.75, 3.05) is 6.61 Å². The molecule has 0 aliphatic heterocycles. The first-order valence-corrected chi connectivity index (χ1v) is 4.05. The predicted octanol–water partition coefficient (Wildman–Crippen LogP) is 0.943. The van der Waals surface area contributed by atoms with E-state index < -0.39 is 11.8 Å². The molecule has 0 heterocycles. The summed E-state index contributed by atoms with van der Waals surface area (Å²) in [5.41, 5.74) is 0. The number of hydrogen-bond acceptors (Lipinski definition) is 4. The standard InChI is InChI=1S/C9H14O5/c1-7(6-8(11)12)14-9(2,3)13-5-4-10/h4,6H,5H2,1-3H3,(H,11,12)/b7-6-. The second-order valence-electron chi connectivity index (χ2n) is 3.07. The van der Waals surface area contributed by atoms with Crippen molar-refractivity contribution in [2.24, 2.45) is 0 Å². The maximum atomic E-state index is 10.3. The van der Waals surface area contributed by atoms with Crippen molar-refractivity contribution in [1.82, 2.24) is 0 Å². The molecule has 0 aromatic carbocycles. The number of carboxylic acid groups (broad SMARTS) is 1. The molecule has 0 bridgehead atoms. The van der Waals surface area contributed by atoms with Crippen LogP contribution in [0.3, 0.4) is 0 Å². The molecule has 0 fully saturated rings. The van der Waals surface area contributed by atoms with Gasteiger partial charge in [0.05, 0.1) is 6.08 Å². The molecule has 0 saturated carbocycles. The van der Waals surface area contributed by atoms with Crippen LogP contribution in [0.1, 0.15) is 20.8 Å². The number of aldehydes is 1. The fraction of sp³-hybridized carbons (Fsp3) is 0.556. The molecule has 0 saturated heterocycles. The smallest absolute Gasteiger partial charge is 0.331 e. The molecule has 1 N–H and O–H groups in total. The third-order valence-electron chi connectivity index (χ3n) is 1.23.